The number of unbranched alkanes of at least 4 members (excludes halogenated alkanes) is 20. The van der Waals surface area contributed by atoms with Gasteiger partial charge < -0.3 is 27.9 Å². The standard InChI is InChI=1S/C44H84NO7P/c1-6-8-10-12-14-16-18-19-20-21-22-23-24-25-26-28-30-32-34-36-39-49-41-43(42-51-53(47,48)50-40-38-45(3,4)5)52-44(46)37-35-33-31-29-27-17-15-13-11-9-7-2/h14,16,19-20,22-23,43H,6-13,15,17-18,21,24-42H2,1-5H3/b16-14-,20-19-,23-22-. The van der Waals surface area contributed by atoms with Crippen molar-refractivity contribution in [3.63, 3.8) is 0 Å². The average Bonchev–Trinajstić information content (AvgIpc) is 3.11. The molecule has 8 nitrogen and oxygen atoms in total. The van der Waals surface area contributed by atoms with E-state index in [0.29, 0.717) is 24.1 Å². The first-order valence-electron chi connectivity index (χ1n) is 21.7. The van der Waals surface area contributed by atoms with E-state index in [1.807, 2.05) is 21.1 Å². The van der Waals surface area contributed by atoms with Crippen LogP contribution >= 0.6 is 7.82 Å². The molecule has 0 aliphatic rings. The molecule has 0 fully saturated rings. The number of quaternary nitrogens is 1. The zero-order valence-corrected chi connectivity index (χ0v) is 36.1. The molecule has 0 aromatic carbocycles. The smallest absolute Gasteiger partial charge is 0.306 e. The van der Waals surface area contributed by atoms with Gasteiger partial charge in [0.2, 0.25) is 0 Å². The molecule has 0 aliphatic carbocycles. The largest absolute Gasteiger partial charge is 0.756 e. The highest BCUT2D eigenvalue weighted by atomic mass is 31.2. The van der Waals surface area contributed by atoms with Crippen LogP contribution in [0.4, 0.5) is 0 Å². The maximum absolute atomic E-state index is 12.6. The van der Waals surface area contributed by atoms with Gasteiger partial charge in [-0.25, -0.2) is 0 Å². The van der Waals surface area contributed by atoms with Crippen LogP contribution in [0.15, 0.2) is 36.5 Å². The summed E-state index contributed by atoms with van der Waals surface area (Å²) in [7, 11) is 1.35. The zero-order valence-electron chi connectivity index (χ0n) is 35.2. The highest BCUT2D eigenvalue weighted by molar-refractivity contribution is 7.45. The molecule has 0 spiro atoms. The van der Waals surface area contributed by atoms with Crippen molar-refractivity contribution in [3.05, 3.63) is 36.5 Å². The lowest BCUT2D eigenvalue weighted by molar-refractivity contribution is -0.870. The molecule has 0 saturated heterocycles. The summed E-state index contributed by atoms with van der Waals surface area (Å²) in [6.45, 7) is 5.36. The number of likely N-dealkylation sites (N-methyl/N-ethyl adjacent to an activating group) is 1. The van der Waals surface area contributed by atoms with Gasteiger partial charge in [-0.3, -0.25) is 9.36 Å². The number of carbonyl (C=O) groups excluding carboxylic acids is 1. The second kappa shape index (κ2) is 37.6. The molecule has 0 aromatic rings. The van der Waals surface area contributed by atoms with Crippen LogP contribution in [0.1, 0.15) is 181 Å². The minimum atomic E-state index is -4.52. The Labute approximate surface area is 327 Å². The number of hydrogen-bond donors (Lipinski definition) is 0. The van der Waals surface area contributed by atoms with E-state index in [9.17, 15) is 14.3 Å². The number of phosphoric acid groups is 1. The molecular formula is C44H84NO7P. The molecule has 53 heavy (non-hydrogen) atoms. The van der Waals surface area contributed by atoms with Crippen molar-refractivity contribution in [1.29, 1.82) is 0 Å². The fourth-order valence-corrected chi connectivity index (χ4v) is 6.52. The number of esters is 1. The Morgan fingerprint density at radius 1 is 0.585 bits per heavy atom. The second-order valence-corrected chi connectivity index (χ2v) is 17.1. The predicted molar refractivity (Wildman–Crippen MR) is 222 cm³/mol. The van der Waals surface area contributed by atoms with Crippen LogP contribution in [0, 0.1) is 0 Å². The summed E-state index contributed by atoms with van der Waals surface area (Å²) in [4.78, 5) is 25.0. The summed E-state index contributed by atoms with van der Waals surface area (Å²) in [5, 5.41) is 0. The molecule has 0 N–H and O–H groups in total. The molecule has 0 amide bonds. The third kappa shape index (κ3) is 41.7. The number of carbonyl (C=O) groups is 1. The molecule has 0 aromatic heterocycles. The molecule has 9 heteroatoms. The van der Waals surface area contributed by atoms with Crippen LogP contribution in [0.5, 0.6) is 0 Å². The first kappa shape index (κ1) is 51.7. The van der Waals surface area contributed by atoms with E-state index >= 15 is 0 Å². The Morgan fingerprint density at radius 3 is 1.58 bits per heavy atom. The lowest BCUT2D eigenvalue weighted by Crippen LogP contribution is -2.37. The summed E-state index contributed by atoms with van der Waals surface area (Å²) in [5.74, 6) is -0.339. The van der Waals surface area contributed by atoms with Gasteiger partial charge in [0.25, 0.3) is 7.82 Å². The maximum Gasteiger partial charge on any atom is 0.306 e. The maximum atomic E-state index is 12.6. The van der Waals surface area contributed by atoms with Crippen molar-refractivity contribution < 1.29 is 37.3 Å². The van der Waals surface area contributed by atoms with Crippen LogP contribution in [0.3, 0.4) is 0 Å². The molecule has 0 radical (unpaired) electrons. The van der Waals surface area contributed by atoms with Gasteiger partial charge in [0.05, 0.1) is 34.4 Å². The van der Waals surface area contributed by atoms with Gasteiger partial charge >= 0.3 is 5.97 Å². The number of nitrogens with zero attached hydrogens (tertiary/aromatic N) is 1. The number of phosphoric ester groups is 1. The number of ether oxygens (including phenoxy) is 2. The first-order valence-corrected chi connectivity index (χ1v) is 23.2. The van der Waals surface area contributed by atoms with Gasteiger partial charge in [0.1, 0.15) is 19.3 Å². The van der Waals surface area contributed by atoms with Crippen molar-refractivity contribution in [2.24, 2.45) is 0 Å². The molecule has 0 aliphatic heterocycles. The Bertz CT molecular complexity index is 947. The topological polar surface area (TPSA) is 94.1 Å². The van der Waals surface area contributed by atoms with Crippen molar-refractivity contribution in [2.75, 3.05) is 54.1 Å². The third-order valence-electron chi connectivity index (χ3n) is 9.19. The highest BCUT2D eigenvalue weighted by Gasteiger charge is 2.20. The van der Waals surface area contributed by atoms with Crippen LogP contribution in [-0.2, 0) is 27.9 Å². The van der Waals surface area contributed by atoms with Gasteiger partial charge in [0.15, 0.2) is 0 Å². The third-order valence-corrected chi connectivity index (χ3v) is 10.2. The molecular weight excluding hydrogens is 685 g/mol. The van der Waals surface area contributed by atoms with Gasteiger partial charge in [-0.15, -0.1) is 0 Å². The van der Waals surface area contributed by atoms with Crippen LogP contribution in [0.25, 0.3) is 0 Å². The van der Waals surface area contributed by atoms with Gasteiger partial charge in [0, 0.05) is 13.0 Å². The van der Waals surface area contributed by atoms with E-state index in [2.05, 4.69) is 50.3 Å². The van der Waals surface area contributed by atoms with Crippen LogP contribution < -0.4 is 4.89 Å². The Balaban J connectivity index is 4.20. The van der Waals surface area contributed by atoms with E-state index in [4.69, 9.17) is 18.5 Å². The van der Waals surface area contributed by atoms with Crippen molar-refractivity contribution in [2.45, 2.75) is 187 Å². The molecule has 0 heterocycles. The minimum absolute atomic E-state index is 0.0245. The number of hydrogen-bond acceptors (Lipinski definition) is 7. The van der Waals surface area contributed by atoms with E-state index in [-0.39, 0.29) is 25.8 Å². The minimum Gasteiger partial charge on any atom is -0.756 e. The monoisotopic (exact) mass is 770 g/mol. The molecule has 312 valence electrons. The Hall–Kier alpha value is -1.28. The SMILES string of the molecule is CCCCC/C=C\C/C=C\C/C=C\CCCCCCCCCOCC(COP(=O)([O-])OCC[N+](C)(C)C)OC(=O)CCCCCCCCCCCCC. The van der Waals surface area contributed by atoms with Crippen molar-refractivity contribution in [1.82, 2.24) is 0 Å². The van der Waals surface area contributed by atoms with Crippen molar-refractivity contribution in [3.8, 4) is 0 Å². The summed E-state index contributed by atoms with van der Waals surface area (Å²) >= 11 is 0. The number of rotatable bonds is 40. The molecule has 0 rings (SSSR count). The lowest BCUT2D eigenvalue weighted by Gasteiger charge is -2.28. The average molecular weight is 770 g/mol. The van der Waals surface area contributed by atoms with Gasteiger partial charge in [-0.1, -0.05) is 159 Å². The summed E-state index contributed by atoms with van der Waals surface area (Å²) in [5.41, 5.74) is 0. The van der Waals surface area contributed by atoms with Crippen molar-refractivity contribution >= 4 is 13.8 Å². The highest BCUT2D eigenvalue weighted by Crippen LogP contribution is 2.38. The van der Waals surface area contributed by atoms with E-state index < -0.39 is 13.9 Å². The van der Waals surface area contributed by atoms with E-state index in [1.165, 1.54) is 109 Å². The molecule has 2 unspecified atom stereocenters. The zero-order chi connectivity index (χ0) is 39.1. The second-order valence-electron chi connectivity index (χ2n) is 15.7. The first-order chi connectivity index (χ1) is 25.6. The summed E-state index contributed by atoms with van der Waals surface area (Å²) < 4.78 is 34.5. The lowest BCUT2D eigenvalue weighted by atomic mass is 10.1. The fraction of sp³-hybridized carbons (Fsp3) is 0.841. The van der Waals surface area contributed by atoms with Gasteiger partial charge in [-0.05, 0) is 51.4 Å². The Kier molecular flexibility index (Phi) is 36.7. The molecule has 0 saturated carbocycles. The normalized spacial score (nSPS) is 14.2. The Morgan fingerprint density at radius 2 is 1.04 bits per heavy atom. The van der Waals surface area contributed by atoms with Crippen LogP contribution in [-0.4, -0.2) is 70.7 Å². The fourth-order valence-electron chi connectivity index (χ4n) is 5.79. The quantitative estimate of drug-likeness (QED) is 0.0201. The molecule has 0 bridgehead atoms. The van der Waals surface area contributed by atoms with E-state index in [1.54, 1.807) is 0 Å². The van der Waals surface area contributed by atoms with E-state index in [0.717, 1.165) is 51.4 Å². The van der Waals surface area contributed by atoms with Gasteiger partial charge in [-0.2, -0.15) is 0 Å². The van der Waals surface area contributed by atoms with Crippen LogP contribution in [0.2, 0.25) is 0 Å². The molecule has 2 atom stereocenters. The number of allylic oxidation sites excluding steroid dienone is 6. The summed E-state index contributed by atoms with van der Waals surface area (Å²) in [6.07, 6.45) is 42.9. The summed E-state index contributed by atoms with van der Waals surface area (Å²) in [6, 6.07) is 0. The predicted octanol–water partition coefficient (Wildman–Crippen LogP) is 12.0.